The lowest BCUT2D eigenvalue weighted by Crippen LogP contribution is -2.40. The second kappa shape index (κ2) is 4.01. The van der Waals surface area contributed by atoms with Gasteiger partial charge in [0.1, 0.15) is 6.29 Å². The van der Waals surface area contributed by atoms with Crippen LogP contribution in [0.3, 0.4) is 0 Å². The Bertz CT molecular complexity index is 181. The molecule has 2 heterocycles. The van der Waals surface area contributed by atoms with Gasteiger partial charge in [-0.05, 0) is 36.7 Å². The van der Waals surface area contributed by atoms with Crippen molar-refractivity contribution in [2.24, 2.45) is 11.3 Å². The van der Waals surface area contributed by atoms with Crippen molar-refractivity contribution in [3.05, 3.63) is 0 Å². The van der Waals surface area contributed by atoms with Crippen LogP contribution in [0.2, 0.25) is 0 Å². The predicted molar refractivity (Wildman–Crippen MR) is 54.0 cm³/mol. The van der Waals surface area contributed by atoms with Crippen molar-refractivity contribution >= 4 is 18.0 Å². The van der Waals surface area contributed by atoms with E-state index in [1.165, 1.54) is 18.5 Å². The highest BCUT2D eigenvalue weighted by Crippen LogP contribution is 2.42. The van der Waals surface area contributed by atoms with Gasteiger partial charge in [0.25, 0.3) is 0 Å². The molecule has 0 amide bonds. The summed E-state index contributed by atoms with van der Waals surface area (Å²) in [5, 5.41) is 0. The zero-order valence-corrected chi connectivity index (χ0v) is 8.65. The molecule has 2 rings (SSSR count). The fourth-order valence-electron chi connectivity index (χ4n) is 2.34. The second-order valence-corrected chi connectivity index (χ2v) is 5.22. The molecule has 2 unspecified atom stereocenters. The van der Waals surface area contributed by atoms with Gasteiger partial charge in [-0.1, -0.05) is 0 Å². The van der Waals surface area contributed by atoms with Gasteiger partial charge in [0.15, 0.2) is 0 Å². The molecule has 2 saturated heterocycles. The standard InChI is InChI=1S/C10H16O2S/c11-7-10(3-1-4-12-8-10)9-2-5-13-6-9/h7,9H,1-6,8H2. The van der Waals surface area contributed by atoms with Crippen LogP contribution in [0.1, 0.15) is 19.3 Å². The fraction of sp³-hybridized carbons (Fsp3) is 0.900. The van der Waals surface area contributed by atoms with E-state index in [-0.39, 0.29) is 5.41 Å². The van der Waals surface area contributed by atoms with E-state index in [0.717, 1.165) is 25.2 Å². The van der Waals surface area contributed by atoms with E-state index in [1.54, 1.807) is 0 Å². The van der Waals surface area contributed by atoms with Gasteiger partial charge in [0.2, 0.25) is 0 Å². The van der Waals surface area contributed by atoms with Crippen molar-refractivity contribution in [3.63, 3.8) is 0 Å². The van der Waals surface area contributed by atoms with Crippen molar-refractivity contribution in [3.8, 4) is 0 Å². The third kappa shape index (κ3) is 1.77. The van der Waals surface area contributed by atoms with Crippen LogP contribution >= 0.6 is 11.8 Å². The minimum Gasteiger partial charge on any atom is -0.380 e. The summed E-state index contributed by atoms with van der Waals surface area (Å²) in [6.45, 7) is 1.51. The smallest absolute Gasteiger partial charge is 0.128 e. The Hall–Kier alpha value is -0.0200. The predicted octanol–water partition coefficient (Wildman–Crippen LogP) is 1.74. The number of rotatable bonds is 2. The summed E-state index contributed by atoms with van der Waals surface area (Å²) < 4.78 is 5.45. The van der Waals surface area contributed by atoms with Crippen molar-refractivity contribution in [1.82, 2.24) is 0 Å². The van der Waals surface area contributed by atoms with Crippen molar-refractivity contribution in [2.45, 2.75) is 19.3 Å². The quantitative estimate of drug-likeness (QED) is 0.635. The van der Waals surface area contributed by atoms with Crippen LogP contribution in [0.15, 0.2) is 0 Å². The number of carbonyl (C=O) groups excluding carboxylic acids is 1. The summed E-state index contributed by atoms with van der Waals surface area (Å²) >= 11 is 1.98. The number of hydrogen-bond acceptors (Lipinski definition) is 3. The van der Waals surface area contributed by atoms with Crippen LogP contribution in [0.4, 0.5) is 0 Å². The van der Waals surface area contributed by atoms with Gasteiger partial charge >= 0.3 is 0 Å². The molecule has 3 heteroatoms. The number of aldehydes is 1. The lowest BCUT2D eigenvalue weighted by molar-refractivity contribution is -0.128. The zero-order chi connectivity index (χ0) is 9.15. The Labute approximate surface area is 83.4 Å². The van der Waals surface area contributed by atoms with E-state index >= 15 is 0 Å². The molecular formula is C10H16O2S. The average molecular weight is 200 g/mol. The highest BCUT2D eigenvalue weighted by atomic mass is 32.2. The van der Waals surface area contributed by atoms with Crippen LogP contribution in [0.5, 0.6) is 0 Å². The molecule has 2 fully saturated rings. The maximum atomic E-state index is 11.2. The molecule has 0 aromatic rings. The van der Waals surface area contributed by atoms with Crippen LogP contribution in [-0.2, 0) is 9.53 Å². The van der Waals surface area contributed by atoms with E-state index in [0.29, 0.717) is 12.5 Å². The summed E-state index contributed by atoms with van der Waals surface area (Å²) in [5.74, 6) is 2.96. The molecule has 0 spiro atoms. The summed E-state index contributed by atoms with van der Waals surface area (Å²) in [4.78, 5) is 11.2. The molecule has 2 atom stereocenters. The minimum atomic E-state index is -0.123. The van der Waals surface area contributed by atoms with Gasteiger partial charge in [-0.25, -0.2) is 0 Å². The van der Waals surface area contributed by atoms with Crippen molar-refractivity contribution in [2.75, 3.05) is 24.7 Å². The van der Waals surface area contributed by atoms with E-state index in [2.05, 4.69) is 0 Å². The highest BCUT2D eigenvalue weighted by Gasteiger charge is 2.41. The fourth-order valence-corrected chi connectivity index (χ4v) is 3.74. The van der Waals surface area contributed by atoms with Gasteiger partial charge in [-0.3, -0.25) is 0 Å². The Morgan fingerprint density at radius 1 is 1.54 bits per heavy atom. The van der Waals surface area contributed by atoms with Crippen molar-refractivity contribution in [1.29, 1.82) is 0 Å². The normalized spacial score (nSPS) is 40.5. The van der Waals surface area contributed by atoms with E-state index in [1.807, 2.05) is 11.8 Å². The first-order chi connectivity index (χ1) is 6.37. The first-order valence-electron chi connectivity index (χ1n) is 4.99. The van der Waals surface area contributed by atoms with Crippen LogP contribution in [0.25, 0.3) is 0 Å². The van der Waals surface area contributed by atoms with Gasteiger partial charge in [0, 0.05) is 6.61 Å². The van der Waals surface area contributed by atoms with Crippen LogP contribution in [-0.4, -0.2) is 31.0 Å². The number of hydrogen-bond donors (Lipinski definition) is 0. The molecule has 2 aliphatic heterocycles. The third-order valence-electron chi connectivity index (χ3n) is 3.28. The Kier molecular flexibility index (Phi) is 2.94. The Balaban J connectivity index is 2.07. The molecule has 74 valence electrons. The average Bonchev–Trinajstić information content (AvgIpc) is 2.72. The molecule has 0 aliphatic carbocycles. The summed E-state index contributed by atoms with van der Waals surface area (Å²) in [5.41, 5.74) is -0.123. The molecule has 13 heavy (non-hydrogen) atoms. The van der Waals surface area contributed by atoms with E-state index in [9.17, 15) is 4.79 Å². The molecule has 0 saturated carbocycles. The zero-order valence-electron chi connectivity index (χ0n) is 7.83. The summed E-state index contributed by atoms with van der Waals surface area (Å²) in [7, 11) is 0. The maximum Gasteiger partial charge on any atom is 0.128 e. The third-order valence-corrected chi connectivity index (χ3v) is 4.44. The second-order valence-electron chi connectivity index (χ2n) is 4.07. The topological polar surface area (TPSA) is 26.3 Å². The Morgan fingerprint density at radius 3 is 3.00 bits per heavy atom. The monoisotopic (exact) mass is 200 g/mol. The molecular weight excluding hydrogens is 184 g/mol. The van der Waals surface area contributed by atoms with Gasteiger partial charge in [0.05, 0.1) is 12.0 Å². The first-order valence-corrected chi connectivity index (χ1v) is 6.15. The summed E-state index contributed by atoms with van der Waals surface area (Å²) in [6, 6.07) is 0. The number of ether oxygens (including phenoxy) is 1. The number of thioether (sulfide) groups is 1. The highest BCUT2D eigenvalue weighted by molar-refractivity contribution is 7.99. The van der Waals surface area contributed by atoms with E-state index < -0.39 is 0 Å². The van der Waals surface area contributed by atoms with Crippen molar-refractivity contribution < 1.29 is 9.53 Å². The van der Waals surface area contributed by atoms with Crippen LogP contribution < -0.4 is 0 Å². The maximum absolute atomic E-state index is 11.2. The molecule has 0 aromatic carbocycles. The summed E-state index contributed by atoms with van der Waals surface area (Å²) in [6.07, 6.45) is 4.47. The van der Waals surface area contributed by atoms with E-state index in [4.69, 9.17) is 4.74 Å². The van der Waals surface area contributed by atoms with Crippen LogP contribution in [0, 0.1) is 11.3 Å². The largest absolute Gasteiger partial charge is 0.380 e. The van der Waals surface area contributed by atoms with Gasteiger partial charge in [-0.15, -0.1) is 0 Å². The van der Waals surface area contributed by atoms with Gasteiger partial charge in [-0.2, -0.15) is 11.8 Å². The minimum absolute atomic E-state index is 0.123. The SMILES string of the molecule is O=CC1(C2CCSC2)CCCOC1. The molecule has 0 aromatic heterocycles. The number of carbonyl (C=O) groups is 1. The Morgan fingerprint density at radius 2 is 2.46 bits per heavy atom. The lowest BCUT2D eigenvalue weighted by Gasteiger charge is -2.36. The lowest BCUT2D eigenvalue weighted by atomic mass is 9.72. The molecule has 0 bridgehead atoms. The van der Waals surface area contributed by atoms with Gasteiger partial charge < -0.3 is 9.53 Å². The first kappa shape index (κ1) is 9.53. The molecule has 2 aliphatic rings. The molecule has 0 N–H and O–H groups in total. The molecule has 2 nitrogen and oxygen atoms in total. The molecule has 0 radical (unpaired) electrons.